The van der Waals surface area contributed by atoms with Crippen LogP contribution in [0.2, 0.25) is 0 Å². The van der Waals surface area contributed by atoms with Gasteiger partial charge in [-0.25, -0.2) is 8.42 Å². The molecule has 3 nitrogen and oxygen atoms in total. The second-order valence-corrected chi connectivity index (χ2v) is 6.13. The highest BCUT2D eigenvalue weighted by atomic mass is 35.5. The molecule has 0 aliphatic rings. The molecular weight excluding hydrogens is 248 g/mol. The topological polar surface area (TPSA) is 43.4 Å². The van der Waals surface area contributed by atoms with Crippen LogP contribution >= 0.6 is 11.6 Å². The molecule has 0 heterocycles. The molecule has 5 heteroatoms. The molecule has 0 aliphatic heterocycles. The summed E-state index contributed by atoms with van der Waals surface area (Å²) in [4.78, 5) is 0.282. The largest absolute Gasteiger partial charge is 0.491 e. The van der Waals surface area contributed by atoms with Crippen LogP contribution < -0.4 is 4.74 Å². The highest BCUT2D eigenvalue weighted by Gasteiger charge is 2.13. The van der Waals surface area contributed by atoms with Crippen molar-refractivity contribution in [1.29, 1.82) is 0 Å². The lowest BCUT2D eigenvalue weighted by Gasteiger charge is -2.10. The van der Waals surface area contributed by atoms with Gasteiger partial charge in [-0.05, 0) is 38.1 Å². The average Bonchev–Trinajstić information content (AvgIpc) is 2.17. The molecule has 0 saturated heterocycles. The number of benzene rings is 1. The average molecular weight is 263 g/mol. The van der Waals surface area contributed by atoms with Gasteiger partial charge in [-0.1, -0.05) is 0 Å². The molecule has 1 aromatic carbocycles. The Morgan fingerprint density at radius 3 is 2.25 bits per heavy atom. The van der Waals surface area contributed by atoms with Crippen molar-refractivity contribution in [3.63, 3.8) is 0 Å². The molecular formula is C11H15ClO3S. The van der Waals surface area contributed by atoms with Gasteiger partial charge in [0, 0.05) is 5.88 Å². The number of rotatable bonds is 5. The molecule has 1 aromatic rings. The van der Waals surface area contributed by atoms with E-state index in [0.717, 1.165) is 0 Å². The summed E-state index contributed by atoms with van der Waals surface area (Å²) in [6.07, 6.45) is 0.0744. The molecule has 0 amide bonds. The van der Waals surface area contributed by atoms with Gasteiger partial charge in [0.05, 0.1) is 16.8 Å². The molecule has 0 aromatic heterocycles. The second kappa shape index (κ2) is 5.55. The van der Waals surface area contributed by atoms with Gasteiger partial charge in [0.15, 0.2) is 9.84 Å². The van der Waals surface area contributed by atoms with Gasteiger partial charge in [0.1, 0.15) is 5.75 Å². The van der Waals surface area contributed by atoms with E-state index in [2.05, 4.69) is 0 Å². The maximum Gasteiger partial charge on any atom is 0.179 e. The maximum absolute atomic E-state index is 11.6. The zero-order valence-electron chi connectivity index (χ0n) is 9.31. The molecule has 16 heavy (non-hydrogen) atoms. The van der Waals surface area contributed by atoms with Crippen LogP contribution in [0.5, 0.6) is 5.75 Å². The Morgan fingerprint density at radius 2 is 1.81 bits per heavy atom. The minimum absolute atomic E-state index is 0.0427. The van der Waals surface area contributed by atoms with Crippen molar-refractivity contribution >= 4 is 21.4 Å². The van der Waals surface area contributed by atoms with Gasteiger partial charge in [-0.2, -0.15) is 0 Å². The van der Waals surface area contributed by atoms with Crippen molar-refractivity contribution in [3.8, 4) is 5.75 Å². The van der Waals surface area contributed by atoms with Crippen molar-refractivity contribution in [1.82, 2.24) is 0 Å². The molecule has 0 fully saturated rings. The van der Waals surface area contributed by atoms with E-state index in [1.54, 1.807) is 24.3 Å². The molecule has 0 bridgehead atoms. The minimum Gasteiger partial charge on any atom is -0.491 e. The Kier molecular flexibility index (Phi) is 4.62. The number of halogens is 1. The van der Waals surface area contributed by atoms with E-state index in [1.807, 2.05) is 13.8 Å². The first-order chi connectivity index (χ1) is 7.45. The monoisotopic (exact) mass is 262 g/mol. The Labute approximate surface area is 101 Å². The van der Waals surface area contributed by atoms with Crippen LogP contribution in [0.1, 0.15) is 13.8 Å². The molecule has 0 spiro atoms. The fourth-order valence-corrected chi connectivity index (χ4v) is 2.82. The zero-order valence-corrected chi connectivity index (χ0v) is 10.9. The molecule has 0 aliphatic carbocycles. The van der Waals surface area contributed by atoms with Crippen LogP contribution in [-0.4, -0.2) is 26.2 Å². The van der Waals surface area contributed by atoms with Gasteiger partial charge in [-0.3, -0.25) is 0 Å². The molecule has 0 atom stereocenters. The van der Waals surface area contributed by atoms with E-state index in [-0.39, 0.29) is 22.6 Å². The Bertz CT molecular complexity index is 423. The van der Waals surface area contributed by atoms with Crippen molar-refractivity contribution in [2.75, 3.05) is 11.6 Å². The normalized spacial score (nSPS) is 11.8. The predicted molar refractivity (Wildman–Crippen MR) is 65.0 cm³/mol. The summed E-state index contributed by atoms with van der Waals surface area (Å²) in [5.41, 5.74) is 0. The summed E-state index contributed by atoms with van der Waals surface area (Å²) in [5.74, 6) is 0.728. The van der Waals surface area contributed by atoms with Gasteiger partial charge < -0.3 is 4.74 Å². The minimum atomic E-state index is -3.24. The summed E-state index contributed by atoms with van der Waals surface area (Å²) in [6.45, 7) is 3.83. The lowest BCUT2D eigenvalue weighted by molar-refractivity contribution is 0.242. The molecule has 90 valence electrons. The Morgan fingerprint density at radius 1 is 1.25 bits per heavy atom. The lowest BCUT2D eigenvalue weighted by Crippen LogP contribution is -2.08. The van der Waals surface area contributed by atoms with Crippen molar-refractivity contribution < 1.29 is 13.2 Å². The number of alkyl halides is 1. The van der Waals surface area contributed by atoms with Crippen LogP contribution in [0.3, 0.4) is 0 Å². The lowest BCUT2D eigenvalue weighted by atomic mass is 10.3. The first-order valence-corrected chi connectivity index (χ1v) is 7.20. The highest BCUT2D eigenvalue weighted by Crippen LogP contribution is 2.18. The fraction of sp³-hybridized carbons (Fsp3) is 0.455. The van der Waals surface area contributed by atoms with Crippen LogP contribution in [0.4, 0.5) is 0 Å². The van der Waals surface area contributed by atoms with Crippen molar-refractivity contribution in [3.05, 3.63) is 24.3 Å². The SMILES string of the molecule is CC(C)Oc1ccc(S(=O)(=O)CCCl)cc1. The van der Waals surface area contributed by atoms with E-state index < -0.39 is 9.84 Å². The van der Waals surface area contributed by atoms with E-state index in [0.29, 0.717) is 5.75 Å². The third kappa shape index (κ3) is 3.68. The van der Waals surface area contributed by atoms with E-state index >= 15 is 0 Å². The first kappa shape index (κ1) is 13.3. The highest BCUT2D eigenvalue weighted by molar-refractivity contribution is 7.91. The smallest absolute Gasteiger partial charge is 0.179 e. The molecule has 0 radical (unpaired) electrons. The summed E-state index contributed by atoms with van der Waals surface area (Å²) in [7, 11) is -3.24. The Hall–Kier alpha value is -0.740. The maximum atomic E-state index is 11.6. The standard InChI is InChI=1S/C11H15ClO3S/c1-9(2)15-10-3-5-11(6-4-10)16(13,14)8-7-12/h3-6,9H,7-8H2,1-2H3. The van der Waals surface area contributed by atoms with E-state index in [9.17, 15) is 8.42 Å². The zero-order chi connectivity index (χ0) is 12.2. The van der Waals surface area contributed by atoms with Crippen LogP contribution in [0.25, 0.3) is 0 Å². The van der Waals surface area contributed by atoms with E-state index in [1.165, 1.54) is 0 Å². The molecule has 1 rings (SSSR count). The molecule has 0 unspecified atom stereocenters. The molecule has 0 N–H and O–H groups in total. The number of hydrogen-bond acceptors (Lipinski definition) is 3. The van der Waals surface area contributed by atoms with Crippen molar-refractivity contribution in [2.24, 2.45) is 0 Å². The summed E-state index contributed by atoms with van der Waals surface area (Å²) in [6, 6.07) is 6.39. The summed E-state index contributed by atoms with van der Waals surface area (Å²) in [5, 5.41) is 0. The summed E-state index contributed by atoms with van der Waals surface area (Å²) >= 11 is 5.43. The van der Waals surface area contributed by atoms with Gasteiger partial charge in [-0.15, -0.1) is 11.6 Å². The number of ether oxygens (including phenoxy) is 1. The van der Waals surface area contributed by atoms with E-state index in [4.69, 9.17) is 16.3 Å². The Balaban J connectivity index is 2.87. The summed E-state index contributed by atoms with van der Waals surface area (Å²) < 4.78 is 28.7. The fourth-order valence-electron chi connectivity index (χ4n) is 1.22. The van der Waals surface area contributed by atoms with Crippen molar-refractivity contribution in [2.45, 2.75) is 24.8 Å². The van der Waals surface area contributed by atoms with Gasteiger partial charge >= 0.3 is 0 Å². The number of sulfone groups is 1. The molecule has 0 saturated carbocycles. The first-order valence-electron chi connectivity index (χ1n) is 5.01. The van der Waals surface area contributed by atoms with Gasteiger partial charge in [0.25, 0.3) is 0 Å². The predicted octanol–water partition coefficient (Wildman–Crippen LogP) is 2.49. The third-order valence-corrected chi connectivity index (χ3v) is 4.05. The van der Waals surface area contributed by atoms with Crippen LogP contribution in [0, 0.1) is 0 Å². The number of hydrogen-bond donors (Lipinski definition) is 0. The third-order valence-electron chi connectivity index (χ3n) is 1.90. The van der Waals surface area contributed by atoms with Crippen LogP contribution in [0.15, 0.2) is 29.2 Å². The van der Waals surface area contributed by atoms with Gasteiger partial charge in [0.2, 0.25) is 0 Å². The van der Waals surface area contributed by atoms with Crippen LogP contribution in [-0.2, 0) is 9.84 Å². The second-order valence-electron chi connectivity index (χ2n) is 3.65. The quantitative estimate of drug-likeness (QED) is 0.766.